The maximum Gasteiger partial charge on any atom is 0.333 e. The van der Waals surface area contributed by atoms with Gasteiger partial charge in [0.2, 0.25) is 5.91 Å². The highest BCUT2D eigenvalue weighted by atomic mass is 35.5. The number of pyridine rings is 1. The van der Waals surface area contributed by atoms with Gasteiger partial charge in [0.25, 0.3) is 5.91 Å². The molecule has 0 saturated carbocycles. The molecule has 1 aliphatic rings. The molecule has 0 unspecified atom stereocenters. The van der Waals surface area contributed by atoms with Crippen molar-refractivity contribution in [2.75, 3.05) is 13.2 Å². The van der Waals surface area contributed by atoms with E-state index in [0.717, 1.165) is 12.3 Å². The van der Waals surface area contributed by atoms with E-state index in [0.29, 0.717) is 10.7 Å². The summed E-state index contributed by atoms with van der Waals surface area (Å²) in [5.41, 5.74) is 1.97. The Morgan fingerprint density at radius 3 is 2.51 bits per heavy atom. The van der Waals surface area contributed by atoms with Crippen LogP contribution in [0.25, 0.3) is 22.2 Å². The molecule has 9 nitrogen and oxygen atoms in total. The van der Waals surface area contributed by atoms with E-state index in [9.17, 15) is 27.9 Å². The number of benzene rings is 3. The average Bonchev–Trinajstić information content (AvgIpc) is 3.64. The minimum absolute atomic E-state index is 0.0212. The van der Waals surface area contributed by atoms with Gasteiger partial charge in [-0.1, -0.05) is 53.5 Å². The number of aromatic nitrogens is 3. The Morgan fingerprint density at radius 2 is 1.83 bits per heavy atom. The Labute approximate surface area is 273 Å². The topological polar surface area (TPSA) is 132 Å². The van der Waals surface area contributed by atoms with E-state index in [2.05, 4.69) is 15.4 Å². The molecule has 2 amide bonds. The third-order valence-corrected chi connectivity index (χ3v) is 8.68. The number of halogens is 6. The van der Waals surface area contributed by atoms with Crippen LogP contribution >= 0.6 is 23.2 Å². The monoisotopic (exact) mass is 687 g/mol. The van der Waals surface area contributed by atoms with Crippen molar-refractivity contribution in [2.24, 2.45) is 5.73 Å². The van der Waals surface area contributed by atoms with Gasteiger partial charge in [0.1, 0.15) is 46.2 Å². The smallest absolute Gasteiger partial charge is 0.333 e. The van der Waals surface area contributed by atoms with Crippen LogP contribution in [0.15, 0.2) is 66.9 Å². The number of hydrogen-bond acceptors (Lipinski definition) is 6. The maximum absolute atomic E-state index is 15.3. The molecule has 3 aromatic carbocycles. The van der Waals surface area contributed by atoms with Gasteiger partial charge in [-0.2, -0.15) is 13.9 Å². The summed E-state index contributed by atoms with van der Waals surface area (Å²) in [7, 11) is 0. The summed E-state index contributed by atoms with van der Waals surface area (Å²) < 4.78 is 62.0. The lowest BCUT2D eigenvalue weighted by Gasteiger charge is -2.30. The highest BCUT2D eigenvalue weighted by Crippen LogP contribution is 2.47. The first-order chi connectivity index (χ1) is 22.2. The van der Waals surface area contributed by atoms with Gasteiger partial charge in [0.05, 0.1) is 22.3 Å². The van der Waals surface area contributed by atoms with Crippen LogP contribution in [0.2, 0.25) is 10.0 Å². The number of nitrogens with zero attached hydrogens (tertiary/aromatic N) is 3. The van der Waals surface area contributed by atoms with Crippen LogP contribution in [0.3, 0.4) is 0 Å². The molecule has 0 aliphatic carbocycles. The van der Waals surface area contributed by atoms with Crippen LogP contribution in [0.5, 0.6) is 5.75 Å². The normalized spacial score (nSPS) is 17.0. The van der Waals surface area contributed by atoms with Crippen LogP contribution in [0.1, 0.15) is 40.7 Å². The summed E-state index contributed by atoms with van der Waals surface area (Å²) in [6, 6.07) is 13.6. The van der Waals surface area contributed by atoms with Gasteiger partial charge in [0.15, 0.2) is 0 Å². The van der Waals surface area contributed by atoms with Crippen molar-refractivity contribution >= 4 is 45.9 Å². The van der Waals surface area contributed by atoms with E-state index in [1.807, 2.05) is 0 Å². The van der Waals surface area contributed by atoms with Gasteiger partial charge >= 0.3 is 6.55 Å². The first-order valence-electron chi connectivity index (χ1n) is 13.9. The molecule has 47 heavy (non-hydrogen) atoms. The molecular weight excluding hydrogens is 665 g/mol. The second-order valence-electron chi connectivity index (χ2n) is 11.2. The Hall–Kier alpha value is -4.72. The Bertz CT molecular complexity index is 2080. The number of amides is 2. The summed E-state index contributed by atoms with van der Waals surface area (Å²) >= 11 is 12.2. The number of rotatable bonds is 8. The van der Waals surface area contributed by atoms with Gasteiger partial charge < -0.3 is 20.9 Å². The van der Waals surface area contributed by atoms with E-state index >= 15 is 4.39 Å². The third-order valence-electron chi connectivity index (χ3n) is 8.10. The number of fused-ring (bicyclic) bond motifs is 2. The zero-order valence-corrected chi connectivity index (χ0v) is 25.7. The van der Waals surface area contributed by atoms with Gasteiger partial charge in [0, 0.05) is 34.3 Å². The molecule has 2 atom stereocenters. The largest absolute Gasteiger partial charge is 0.489 e. The standard InChI is InChI=1S/C32H23Cl2F4N5O4/c1-31(29(39)45)14-47-27-19(31)10-24(41-26(27)18-9-20(33)23(36)11-22(18)35)32(46,17-5-3-2-4-6-17)13-40-28(44)15-7-16-12-43(30(37)38)42-25(16)21(34)8-15/h2-12,30,46H,13-14H2,1H3,(H2,39,45)(H,40,44)/t31-,32+/m0/s1. The molecule has 6 rings (SSSR count). The van der Waals surface area contributed by atoms with Crippen LogP contribution in [-0.4, -0.2) is 44.8 Å². The summed E-state index contributed by atoms with van der Waals surface area (Å²) in [4.78, 5) is 30.6. The summed E-state index contributed by atoms with van der Waals surface area (Å²) in [6.07, 6.45) is 1.04. The van der Waals surface area contributed by atoms with Crippen LogP contribution < -0.4 is 15.8 Å². The number of primary amides is 1. The van der Waals surface area contributed by atoms with Gasteiger partial charge in [-0.05, 0) is 36.8 Å². The van der Waals surface area contributed by atoms with E-state index in [1.54, 1.807) is 30.3 Å². The minimum atomic E-state index is -2.93. The number of carbonyl (C=O) groups excluding carboxylic acids is 2. The predicted octanol–water partition coefficient (Wildman–Crippen LogP) is 5.88. The zero-order chi connectivity index (χ0) is 33.8. The third kappa shape index (κ3) is 5.53. The average molecular weight is 688 g/mol. The first-order valence-corrected chi connectivity index (χ1v) is 14.6. The number of nitrogens with one attached hydrogen (secondary N) is 1. The van der Waals surface area contributed by atoms with E-state index in [-0.39, 0.29) is 61.9 Å². The van der Waals surface area contributed by atoms with Crippen molar-refractivity contribution in [1.82, 2.24) is 20.1 Å². The van der Waals surface area contributed by atoms with E-state index < -0.39 is 52.6 Å². The first kappa shape index (κ1) is 32.2. The molecule has 5 aromatic rings. The molecule has 242 valence electrons. The fraction of sp³-hybridized carbons (Fsp3) is 0.188. The summed E-state index contributed by atoms with van der Waals surface area (Å²) in [5, 5.41) is 18.4. The number of hydrogen-bond donors (Lipinski definition) is 3. The molecule has 3 heterocycles. The van der Waals surface area contributed by atoms with E-state index in [4.69, 9.17) is 33.7 Å². The predicted molar refractivity (Wildman–Crippen MR) is 164 cm³/mol. The fourth-order valence-corrected chi connectivity index (χ4v) is 5.82. The maximum atomic E-state index is 15.3. The van der Waals surface area contributed by atoms with E-state index in [1.165, 1.54) is 25.1 Å². The number of ether oxygens (including phenoxy) is 1. The molecule has 4 N–H and O–H groups in total. The van der Waals surface area contributed by atoms with Crippen LogP contribution in [0, 0.1) is 11.6 Å². The summed E-state index contributed by atoms with van der Waals surface area (Å²) in [5.74, 6) is -3.61. The molecule has 0 radical (unpaired) electrons. The second kappa shape index (κ2) is 11.8. The minimum Gasteiger partial charge on any atom is -0.489 e. The molecule has 0 saturated heterocycles. The van der Waals surface area contributed by atoms with Gasteiger partial charge in [-0.25, -0.2) is 18.4 Å². The Morgan fingerprint density at radius 1 is 1.11 bits per heavy atom. The lowest BCUT2D eigenvalue weighted by atomic mass is 9.80. The Balaban J connectivity index is 1.48. The highest BCUT2D eigenvalue weighted by Gasteiger charge is 2.46. The molecule has 0 fully saturated rings. The van der Waals surface area contributed by atoms with Crippen molar-refractivity contribution in [1.29, 1.82) is 0 Å². The number of alkyl halides is 2. The van der Waals surface area contributed by atoms with Gasteiger partial charge in [-0.3, -0.25) is 9.59 Å². The van der Waals surface area contributed by atoms with Crippen molar-refractivity contribution in [3.8, 4) is 17.0 Å². The second-order valence-corrected chi connectivity index (χ2v) is 12.0. The number of carbonyl (C=O) groups is 2. The number of nitrogens with two attached hydrogens (primary N) is 1. The number of aliphatic hydroxyl groups is 1. The summed E-state index contributed by atoms with van der Waals surface area (Å²) in [6.45, 7) is -2.20. The SMILES string of the molecule is C[C@]1(C(N)=O)COc2c1cc([C@@](O)(CNC(=O)c1cc(Cl)c3nn(C(F)F)cc3c1)c1ccccc1)nc2-c1cc(Cl)c(F)cc1F. The van der Waals surface area contributed by atoms with Crippen molar-refractivity contribution in [2.45, 2.75) is 24.5 Å². The lowest BCUT2D eigenvalue weighted by Crippen LogP contribution is -2.43. The van der Waals surface area contributed by atoms with Crippen LogP contribution in [-0.2, 0) is 15.8 Å². The quantitative estimate of drug-likeness (QED) is 0.138. The molecule has 0 spiro atoms. The lowest BCUT2D eigenvalue weighted by molar-refractivity contribution is -0.123. The molecule has 0 bridgehead atoms. The van der Waals surface area contributed by atoms with Crippen molar-refractivity contribution in [3.05, 3.63) is 111 Å². The van der Waals surface area contributed by atoms with Crippen LogP contribution in [0.4, 0.5) is 17.6 Å². The molecular formula is C32H23Cl2F4N5O4. The Kier molecular flexibility index (Phi) is 8.10. The molecule has 2 aromatic heterocycles. The molecule has 15 heteroatoms. The zero-order valence-electron chi connectivity index (χ0n) is 24.2. The molecule has 1 aliphatic heterocycles. The fourth-order valence-electron chi connectivity index (χ4n) is 5.39. The van der Waals surface area contributed by atoms with Gasteiger partial charge in [-0.15, -0.1) is 0 Å². The highest BCUT2D eigenvalue weighted by molar-refractivity contribution is 6.35. The van der Waals surface area contributed by atoms with Crippen molar-refractivity contribution in [3.63, 3.8) is 0 Å². The van der Waals surface area contributed by atoms with Crippen molar-refractivity contribution < 1.29 is 37.0 Å².